The van der Waals surface area contributed by atoms with Gasteiger partial charge in [0.2, 0.25) is 0 Å². The van der Waals surface area contributed by atoms with E-state index in [1.54, 1.807) is 66.1 Å². The Labute approximate surface area is 603 Å². The van der Waals surface area contributed by atoms with Crippen LogP contribution in [-0.2, 0) is 71.2 Å². The zero-order valence-corrected chi connectivity index (χ0v) is 63.0. The molecule has 1 amide bonds. The number of halogens is 2. The van der Waals surface area contributed by atoms with Gasteiger partial charge in [0.1, 0.15) is 6.10 Å². The van der Waals surface area contributed by atoms with E-state index in [4.69, 9.17) is 50.7 Å². The third-order valence-corrected chi connectivity index (χ3v) is 15.1. The average molecular weight is 1450 g/mol. The van der Waals surface area contributed by atoms with Gasteiger partial charge in [0, 0.05) is 107 Å². The number of para-hydroxylation sites is 3. The second kappa shape index (κ2) is 49.6. The van der Waals surface area contributed by atoms with Crippen LogP contribution < -0.4 is 5.48 Å². The topological polar surface area (TPSA) is 235 Å². The maximum absolute atomic E-state index is 13.3. The first-order valence-corrected chi connectivity index (χ1v) is 35.2. The number of alkyl halides is 2. The summed E-state index contributed by atoms with van der Waals surface area (Å²) in [5.41, 5.74) is 13.8. The van der Waals surface area contributed by atoms with Crippen LogP contribution in [-0.4, -0.2) is 141 Å². The molecule has 6 aromatic carbocycles. The molecule has 22 heteroatoms. The molecular weight excluding hydrogens is 1340 g/mol. The first-order valence-electron chi connectivity index (χ1n) is 33.1. The number of likely N-dealkylation sites (N-methyl/N-ethyl adjacent to an activating group) is 3. The first-order chi connectivity index (χ1) is 47.6. The molecule has 3 aliphatic heterocycles. The molecule has 19 nitrogen and oxygen atoms in total. The van der Waals surface area contributed by atoms with Gasteiger partial charge in [0.25, 0.3) is 5.91 Å². The zero-order chi connectivity index (χ0) is 74.2. The van der Waals surface area contributed by atoms with Crippen LogP contribution in [0.3, 0.4) is 0 Å². The molecule has 0 saturated carbocycles. The molecule has 6 heterocycles. The van der Waals surface area contributed by atoms with Crippen LogP contribution in [0.1, 0.15) is 188 Å². The van der Waals surface area contributed by atoms with Crippen molar-refractivity contribution in [2.75, 3.05) is 67.4 Å². The molecule has 0 saturated heterocycles. The summed E-state index contributed by atoms with van der Waals surface area (Å²) < 4.78 is 33.0. The number of aliphatic hydroxyl groups is 2. The van der Waals surface area contributed by atoms with E-state index in [0.717, 1.165) is 132 Å². The molecule has 1 atom stereocenters. The van der Waals surface area contributed by atoms with Crippen molar-refractivity contribution in [3.8, 4) is 0 Å². The van der Waals surface area contributed by atoms with Crippen LogP contribution in [0.4, 0.5) is 0 Å². The normalized spacial score (nSPS) is 12.3. The number of ketones is 2. The van der Waals surface area contributed by atoms with Crippen molar-refractivity contribution >= 4 is 85.3 Å². The molecule has 0 bridgehead atoms. The zero-order valence-electron chi connectivity index (χ0n) is 60.3. The van der Waals surface area contributed by atoms with Crippen LogP contribution >= 0.6 is 23.2 Å². The summed E-state index contributed by atoms with van der Waals surface area (Å²) in [6.45, 7) is 29.2. The van der Waals surface area contributed by atoms with Crippen molar-refractivity contribution in [3.05, 3.63) is 213 Å². The molecule has 0 radical (unpaired) electrons. The summed E-state index contributed by atoms with van der Waals surface area (Å²) >= 11 is 8.09. The van der Waals surface area contributed by atoms with Crippen molar-refractivity contribution in [1.82, 2.24) is 33.9 Å². The predicted molar refractivity (Wildman–Crippen MR) is 398 cm³/mol. The van der Waals surface area contributed by atoms with Crippen LogP contribution in [0, 0.1) is 0 Å². The van der Waals surface area contributed by atoms with Crippen LogP contribution in [0.2, 0.25) is 0 Å². The van der Waals surface area contributed by atoms with Gasteiger partial charge in [-0.05, 0) is 81.3 Å². The summed E-state index contributed by atoms with van der Waals surface area (Å²) in [6.07, 6.45) is 1.83. The van der Waals surface area contributed by atoms with Crippen LogP contribution in [0.15, 0.2) is 146 Å². The van der Waals surface area contributed by atoms with E-state index in [-0.39, 0.29) is 30.3 Å². The van der Waals surface area contributed by atoms with E-state index < -0.39 is 32.8 Å². The minimum absolute atomic E-state index is 0. The monoisotopic (exact) mass is 1450 g/mol. The van der Waals surface area contributed by atoms with Crippen molar-refractivity contribution in [1.29, 1.82) is 0 Å². The second-order valence-corrected chi connectivity index (χ2v) is 21.2. The molecule has 0 aliphatic carbocycles. The van der Waals surface area contributed by atoms with Gasteiger partial charge in [-0.2, -0.15) is 0 Å². The molecule has 4 N–H and O–H groups in total. The van der Waals surface area contributed by atoms with Gasteiger partial charge in [0.05, 0.1) is 72.9 Å². The Bertz CT molecular complexity index is 3740. The van der Waals surface area contributed by atoms with Gasteiger partial charge in [-0.25, -0.2) is 15.1 Å². The predicted octanol–water partition coefficient (Wildman–Crippen LogP) is 16.1. The minimum atomic E-state index is -1.44. The third kappa shape index (κ3) is 23.6. The SMILES string of the molecule is C.CC.CC.CC.CC.CC.CC.CN1CCc2c(C(=O)c3ccc(C(=O)NO)cc3)c3ccccc3n2C1.CO.COC(=O)c1ccc(C(=O)c2c3n(c4ccccc24)CN(C)CC3)cc1.COC(=O)c1ccc(C(O)c2c3n(c4ccccc24)CN(C)CC3)cc1.ClCCl.[O]=[Mn]=[O]. The van der Waals surface area contributed by atoms with Crippen molar-refractivity contribution < 1.29 is 71.4 Å². The number of nitrogens with one attached hydrogen (secondary N) is 1. The molecule has 3 aliphatic rings. The van der Waals surface area contributed by atoms with Crippen molar-refractivity contribution in [2.45, 2.75) is 136 Å². The standard InChI is InChI=1S/C21H22N2O3.C21H20N2O3.C20H19N3O3.6C2H6.CH2Cl2.CH4O.CH4.Mn.2O/c2*1-22-12-11-18-19(16-5-3-4-6-17(16)23(18)13-22)20(24)14-7-9-15(10-8-14)21(25)26-2;1-22-11-10-17-18(15-4-2-3-5-16(15)23(17)12-22)19(24)13-6-8-14(9-7-13)20(25)21-26;6*1-2;2-1-3;1-2;;;;/h3-10,20,24H,11-13H2,1-2H3;3-10H,11-13H2,1-2H3;2-9,26H,10-12H2,1H3,(H,21,25);6*1-2H3;1H2;2H,1H3;1H4;;;. The molecular formula is C77H107Cl2MnN7O12. The molecule has 99 heavy (non-hydrogen) atoms. The number of carbonyl (C=O) groups is 5. The molecule has 3 aromatic heterocycles. The number of ether oxygens (including phenoxy) is 2. The van der Waals surface area contributed by atoms with Crippen molar-refractivity contribution in [2.24, 2.45) is 0 Å². The number of aliphatic hydroxyl groups excluding tert-OH is 2. The van der Waals surface area contributed by atoms with E-state index in [9.17, 15) is 29.1 Å². The van der Waals surface area contributed by atoms with Crippen LogP contribution in [0.25, 0.3) is 32.7 Å². The maximum atomic E-state index is 13.3. The van der Waals surface area contributed by atoms with Gasteiger partial charge < -0.3 is 33.4 Å². The number of nitrogens with zero attached hydrogens (tertiary/aromatic N) is 6. The van der Waals surface area contributed by atoms with Gasteiger partial charge in [-0.1, -0.05) is 182 Å². The van der Waals surface area contributed by atoms with E-state index >= 15 is 0 Å². The number of carbonyl (C=O) groups excluding carboxylic acids is 5. The van der Waals surface area contributed by atoms with Gasteiger partial charge in [-0.15, -0.1) is 23.2 Å². The number of hydrogen-bond acceptors (Lipinski definition) is 15. The summed E-state index contributed by atoms with van der Waals surface area (Å²) in [4.78, 5) is 68.0. The van der Waals surface area contributed by atoms with Gasteiger partial charge in [0.15, 0.2) is 11.6 Å². The fourth-order valence-corrected chi connectivity index (χ4v) is 11.1. The van der Waals surface area contributed by atoms with E-state index in [2.05, 4.69) is 67.7 Å². The van der Waals surface area contributed by atoms with Crippen molar-refractivity contribution in [3.63, 3.8) is 0 Å². The molecule has 0 spiro atoms. The number of aromatic nitrogens is 3. The number of methoxy groups -OCH3 is 2. The second-order valence-electron chi connectivity index (χ2n) is 20.2. The van der Waals surface area contributed by atoms with E-state index in [0.29, 0.717) is 27.8 Å². The molecule has 1 unspecified atom stereocenters. The van der Waals surface area contributed by atoms with Gasteiger partial charge >= 0.3 is 34.4 Å². The number of fused-ring (bicyclic) bond motifs is 9. The molecule has 12 rings (SSSR count). The number of amides is 1. The summed E-state index contributed by atoms with van der Waals surface area (Å²) in [5, 5.41) is 30.1. The Morgan fingerprint density at radius 1 is 0.465 bits per heavy atom. The Balaban J connectivity index is 0.00000128. The number of hydrogen-bond donors (Lipinski definition) is 4. The molecule has 543 valence electrons. The first kappa shape index (κ1) is 91.1. The Kier molecular flexibility index (Phi) is 45.7. The van der Waals surface area contributed by atoms with E-state index in [1.807, 2.05) is 138 Å². The fraction of sp³-hybridized carbons (Fsp3) is 0.390. The Morgan fingerprint density at radius 2 is 0.737 bits per heavy atom. The van der Waals surface area contributed by atoms with Crippen LogP contribution in [0.5, 0.6) is 0 Å². The number of rotatable bonds is 9. The molecule has 0 fully saturated rings. The Hall–Kier alpha value is -7.85. The Morgan fingerprint density at radius 3 is 1.07 bits per heavy atom. The average Bonchev–Trinajstić information content (AvgIpc) is 1.62. The quantitative estimate of drug-likeness (QED) is 0.0263. The number of benzene rings is 6. The molecule has 9 aromatic rings. The summed E-state index contributed by atoms with van der Waals surface area (Å²) in [7, 11) is 9.98. The third-order valence-electron chi connectivity index (χ3n) is 15.1. The summed E-state index contributed by atoms with van der Waals surface area (Å²) in [5.74, 6) is -1.43. The number of hydroxylamine groups is 1. The van der Waals surface area contributed by atoms with Gasteiger partial charge in [-0.3, -0.25) is 34.3 Å². The number of esters is 2. The summed E-state index contributed by atoms with van der Waals surface area (Å²) in [6, 6.07) is 44.2. The van der Waals surface area contributed by atoms with E-state index in [1.165, 1.54) is 32.0 Å². The fourth-order valence-electron chi connectivity index (χ4n) is 11.1.